The van der Waals surface area contributed by atoms with E-state index in [0.29, 0.717) is 11.7 Å². The highest BCUT2D eigenvalue weighted by molar-refractivity contribution is 7.19. The van der Waals surface area contributed by atoms with Gasteiger partial charge in [0.05, 0.1) is 17.1 Å². The van der Waals surface area contributed by atoms with E-state index >= 15 is 0 Å². The Morgan fingerprint density at radius 1 is 0.867 bits per heavy atom. The third-order valence-electron chi connectivity index (χ3n) is 4.95. The number of hydrogen-bond acceptors (Lipinski definition) is 4. The zero-order valence-corrected chi connectivity index (χ0v) is 18.5. The fraction of sp³-hybridized carbons (Fsp3) is 0.360. The summed E-state index contributed by atoms with van der Waals surface area (Å²) in [7, 11) is 0. The largest absolute Gasteiger partial charge is 0.308 e. The molecular formula is C25H31N3OS. The highest BCUT2D eigenvalue weighted by Gasteiger charge is 2.16. The predicted molar refractivity (Wildman–Crippen MR) is 128 cm³/mol. The number of anilines is 1. The zero-order valence-electron chi connectivity index (χ0n) is 17.7. The third-order valence-corrected chi connectivity index (χ3v) is 5.97. The average Bonchev–Trinajstić information content (AvgIpc) is 3.20. The second kappa shape index (κ2) is 12.3. The minimum Gasteiger partial charge on any atom is -0.308 e. The van der Waals surface area contributed by atoms with Crippen LogP contribution in [0.4, 0.5) is 5.13 Å². The molecule has 0 aliphatic rings. The minimum absolute atomic E-state index is 0.0473. The van der Waals surface area contributed by atoms with Crippen LogP contribution < -0.4 is 10.6 Å². The summed E-state index contributed by atoms with van der Waals surface area (Å²) in [6.07, 6.45) is 7.53. The lowest BCUT2D eigenvalue weighted by Gasteiger charge is -2.04. The first-order valence-electron chi connectivity index (χ1n) is 10.9. The molecule has 0 aliphatic carbocycles. The Morgan fingerprint density at radius 2 is 1.50 bits per heavy atom. The molecule has 3 aromatic rings. The molecule has 0 radical (unpaired) electrons. The minimum atomic E-state index is -0.0473. The van der Waals surface area contributed by atoms with E-state index in [1.807, 2.05) is 36.4 Å². The molecule has 0 saturated heterocycles. The number of aromatic nitrogens is 1. The fourth-order valence-corrected chi connectivity index (χ4v) is 4.36. The molecule has 5 heteroatoms. The Morgan fingerprint density at radius 3 is 2.20 bits per heavy atom. The standard InChI is InChI=1S/C25H31N3OS/c1-2-3-4-5-6-13-18-26-19-22(29)27-25-28-23(20-14-9-7-10-15-20)24(30-25)21-16-11-8-12-17-21/h7-12,14-17,26H,2-6,13,18-19H2,1H3,(H,27,28,29). The Bertz CT molecular complexity index is 836. The van der Waals surface area contributed by atoms with Crippen molar-refractivity contribution < 1.29 is 4.79 Å². The maximum absolute atomic E-state index is 12.4. The molecule has 0 unspecified atom stereocenters. The van der Waals surface area contributed by atoms with Crippen molar-refractivity contribution in [1.29, 1.82) is 0 Å². The number of carbonyl (C=O) groups is 1. The maximum atomic E-state index is 12.4. The number of nitrogens with one attached hydrogen (secondary N) is 2. The molecule has 0 saturated carbocycles. The number of thiazole rings is 1. The van der Waals surface area contributed by atoms with Crippen molar-refractivity contribution in [2.75, 3.05) is 18.4 Å². The van der Waals surface area contributed by atoms with Gasteiger partial charge in [-0.25, -0.2) is 4.98 Å². The van der Waals surface area contributed by atoms with E-state index in [4.69, 9.17) is 4.98 Å². The van der Waals surface area contributed by atoms with Crippen LogP contribution in [0.25, 0.3) is 21.7 Å². The molecule has 0 aliphatic heterocycles. The van der Waals surface area contributed by atoms with Crippen LogP contribution in [0.2, 0.25) is 0 Å². The van der Waals surface area contributed by atoms with E-state index in [1.165, 1.54) is 43.4 Å². The van der Waals surface area contributed by atoms with E-state index < -0.39 is 0 Å². The number of hydrogen-bond donors (Lipinski definition) is 2. The van der Waals surface area contributed by atoms with Gasteiger partial charge in [-0.05, 0) is 18.5 Å². The highest BCUT2D eigenvalue weighted by Crippen LogP contribution is 2.38. The summed E-state index contributed by atoms with van der Waals surface area (Å²) in [5.74, 6) is -0.0473. The van der Waals surface area contributed by atoms with Crippen LogP contribution in [0.3, 0.4) is 0 Å². The Kier molecular flexibility index (Phi) is 9.06. The predicted octanol–water partition coefficient (Wildman–Crippen LogP) is 6.37. The topological polar surface area (TPSA) is 54.0 Å². The van der Waals surface area contributed by atoms with Crippen LogP contribution in [0.15, 0.2) is 60.7 Å². The Labute approximate surface area is 183 Å². The number of rotatable bonds is 12. The van der Waals surface area contributed by atoms with Gasteiger partial charge in [0.25, 0.3) is 0 Å². The van der Waals surface area contributed by atoms with Crippen LogP contribution >= 0.6 is 11.3 Å². The van der Waals surface area contributed by atoms with Gasteiger partial charge >= 0.3 is 0 Å². The lowest BCUT2D eigenvalue weighted by molar-refractivity contribution is -0.115. The first-order valence-corrected chi connectivity index (χ1v) is 11.7. The van der Waals surface area contributed by atoms with Crippen LogP contribution in [-0.2, 0) is 4.79 Å². The van der Waals surface area contributed by atoms with Gasteiger partial charge in [0.2, 0.25) is 5.91 Å². The average molecular weight is 422 g/mol. The molecule has 0 bridgehead atoms. The van der Waals surface area contributed by atoms with Crippen molar-refractivity contribution in [3.8, 4) is 21.7 Å². The molecule has 1 heterocycles. The van der Waals surface area contributed by atoms with Gasteiger partial charge in [-0.15, -0.1) is 0 Å². The van der Waals surface area contributed by atoms with E-state index in [-0.39, 0.29) is 5.91 Å². The van der Waals surface area contributed by atoms with E-state index in [0.717, 1.165) is 34.7 Å². The monoisotopic (exact) mass is 421 g/mol. The van der Waals surface area contributed by atoms with Gasteiger partial charge in [-0.1, -0.05) is 111 Å². The lowest BCUT2D eigenvalue weighted by atomic mass is 10.1. The van der Waals surface area contributed by atoms with Gasteiger partial charge in [0.15, 0.2) is 5.13 Å². The normalized spacial score (nSPS) is 10.8. The first kappa shape index (κ1) is 22.2. The van der Waals surface area contributed by atoms with Crippen molar-refractivity contribution in [2.45, 2.75) is 45.4 Å². The number of unbranched alkanes of at least 4 members (excludes halogenated alkanes) is 5. The van der Waals surface area contributed by atoms with E-state index in [2.05, 4.69) is 41.8 Å². The van der Waals surface area contributed by atoms with Gasteiger partial charge in [-0.3, -0.25) is 4.79 Å². The second-order valence-electron chi connectivity index (χ2n) is 7.42. The smallest absolute Gasteiger partial charge is 0.240 e. The zero-order chi connectivity index (χ0) is 21.0. The molecule has 1 aromatic heterocycles. The Hall–Kier alpha value is -2.50. The fourth-order valence-electron chi connectivity index (χ4n) is 3.35. The van der Waals surface area contributed by atoms with Gasteiger partial charge in [-0.2, -0.15) is 0 Å². The quantitative estimate of drug-likeness (QED) is 0.334. The van der Waals surface area contributed by atoms with Crippen molar-refractivity contribution in [3.05, 3.63) is 60.7 Å². The first-order chi connectivity index (χ1) is 14.8. The number of nitrogens with zero attached hydrogens (tertiary/aromatic N) is 1. The van der Waals surface area contributed by atoms with Crippen molar-refractivity contribution in [1.82, 2.24) is 10.3 Å². The van der Waals surface area contributed by atoms with Gasteiger partial charge in [0.1, 0.15) is 0 Å². The van der Waals surface area contributed by atoms with Crippen molar-refractivity contribution >= 4 is 22.4 Å². The van der Waals surface area contributed by atoms with Crippen LogP contribution in [0.1, 0.15) is 45.4 Å². The van der Waals surface area contributed by atoms with Crippen LogP contribution in [0, 0.1) is 0 Å². The van der Waals surface area contributed by atoms with Crippen LogP contribution in [0.5, 0.6) is 0 Å². The van der Waals surface area contributed by atoms with E-state index in [9.17, 15) is 4.79 Å². The summed E-state index contributed by atoms with van der Waals surface area (Å²) in [5, 5.41) is 6.85. The second-order valence-corrected chi connectivity index (χ2v) is 8.42. The molecule has 2 N–H and O–H groups in total. The summed E-state index contributed by atoms with van der Waals surface area (Å²) in [6.45, 7) is 3.42. The summed E-state index contributed by atoms with van der Waals surface area (Å²) in [5.41, 5.74) is 3.06. The van der Waals surface area contributed by atoms with Crippen molar-refractivity contribution in [3.63, 3.8) is 0 Å². The third kappa shape index (κ3) is 6.78. The summed E-state index contributed by atoms with van der Waals surface area (Å²) >= 11 is 1.52. The summed E-state index contributed by atoms with van der Waals surface area (Å²) in [6, 6.07) is 20.3. The maximum Gasteiger partial charge on any atom is 0.240 e. The van der Waals surface area contributed by atoms with Gasteiger partial charge < -0.3 is 10.6 Å². The number of amides is 1. The molecule has 4 nitrogen and oxygen atoms in total. The Balaban J connectivity index is 1.57. The lowest BCUT2D eigenvalue weighted by Crippen LogP contribution is -2.28. The molecule has 30 heavy (non-hydrogen) atoms. The molecule has 3 rings (SSSR count). The van der Waals surface area contributed by atoms with E-state index in [1.54, 1.807) is 0 Å². The van der Waals surface area contributed by atoms with Crippen molar-refractivity contribution in [2.24, 2.45) is 0 Å². The molecule has 0 spiro atoms. The molecular weight excluding hydrogens is 390 g/mol. The molecule has 0 fully saturated rings. The van der Waals surface area contributed by atoms with Crippen LogP contribution in [-0.4, -0.2) is 24.0 Å². The number of benzene rings is 2. The molecule has 158 valence electrons. The molecule has 2 aromatic carbocycles. The summed E-state index contributed by atoms with van der Waals surface area (Å²) < 4.78 is 0. The van der Waals surface area contributed by atoms with Gasteiger partial charge in [0, 0.05) is 5.56 Å². The molecule has 1 amide bonds. The highest BCUT2D eigenvalue weighted by atomic mass is 32.1. The SMILES string of the molecule is CCCCCCCCNCC(=O)Nc1nc(-c2ccccc2)c(-c2ccccc2)s1. The summed E-state index contributed by atoms with van der Waals surface area (Å²) in [4.78, 5) is 18.2. The number of carbonyl (C=O) groups excluding carboxylic acids is 1. The molecule has 0 atom stereocenters.